The third-order valence-corrected chi connectivity index (χ3v) is 3.64. The SMILES string of the molecule is CCCNC(Cc1ncnn1C)c1ccc(Cl)cc1OC. The van der Waals surface area contributed by atoms with E-state index >= 15 is 0 Å². The van der Waals surface area contributed by atoms with Gasteiger partial charge in [0.1, 0.15) is 17.9 Å². The van der Waals surface area contributed by atoms with Crippen LogP contribution < -0.4 is 10.1 Å². The number of hydrogen-bond acceptors (Lipinski definition) is 4. The zero-order valence-corrected chi connectivity index (χ0v) is 13.4. The minimum Gasteiger partial charge on any atom is -0.496 e. The van der Waals surface area contributed by atoms with E-state index in [1.807, 2.05) is 25.2 Å². The Hall–Kier alpha value is -1.59. The number of rotatable bonds is 7. The first-order chi connectivity index (χ1) is 10.2. The smallest absolute Gasteiger partial charge is 0.138 e. The van der Waals surface area contributed by atoms with Gasteiger partial charge in [-0.25, -0.2) is 4.98 Å². The van der Waals surface area contributed by atoms with Gasteiger partial charge < -0.3 is 10.1 Å². The summed E-state index contributed by atoms with van der Waals surface area (Å²) in [5, 5.41) is 8.34. The van der Waals surface area contributed by atoms with Crippen molar-refractivity contribution in [3.63, 3.8) is 0 Å². The molecule has 1 aromatic heterocycles. The van der Waals surface area contributed by atoms with Crippen LogP contribution >= 0.6 is 11.6 Å². The Morgan fingerprint density at radius 1 is 1.43 bits per heavy atom. The molecular weight excluding hydrogens is 288 g/mol. The lowest BCUT2D eigenvalue weighted by Crippen LogP contribution is -2.25. The first-order valence-electron chi connectivity index (χ1n) is 7.05. The van der Waals surface area contributed by atoms with Crippen molar-refractivity contribution in [2.24, 2.45) is 7.05 Å². The summed E-state index contributed by atoms with van der Waals surface area (Å²) in [4.78, 5) is 4.31. The number of methoxy groups -OCH3 is 1. The number of hydrogen-bond donors (Lipinski definition) is 1. The Balaban J connectivity index is 2.29. The van der Waals surface area contributed by atoms with Gasteiger partial charge in [-0.05, 0) is 25.1 Å². The van der Waals surface area contributed by atoms with Gasteiger partial charge in [-0.15, -0.1) is 0 Å². The van der Waals surface area contributed by atoms with E-state index in [0.29, 0.717) is 5.02 Å². The molecule has 0 amide bonds. The number of nitrogens with zero attached hydrogens (tertiary/aromatic N) is 3. The quantitative estimate of drug-likeness (QED) is 0.854. The van der Waals surface area contributed by atoms with Crippen molar-refractivity contribution < 1.29 is 4.74 Å². The molecule has 5 nitrogen and oxygen atoms in total. The first-order valence-corrected chi connectivity index (χ1v) is 7.43. The summed E-state index contributed by atoms with van der Waals surface area (Å²) in [6.07, 6.45) is 3.38. The van der Waals surface area contributed by atoms with Gasteiger partial charge in [-0.3, -0.25) is 4.68 Å². The zero-order chi connectivity index (χ0) is 15.2. The Bertz CT molecular complexity index is 585. The molecule has 2 aromatic rings. The molecule has 0 saturated heterocycles. The maximum absolute atomic E-state index is 6.05. The van der Waals surface area contributed by atoms with Gasteiger partial charge in [0.05, 0.1) is 7.11 Å². The largest absolute Gasteiger partial charge is 0.496 e. The lowest BCUT2D eigenvalue weighted by molar-refractivity contribution is 0.396. The summed E-state index contributed by atoms with van der Waals surface area (Å²) in [5.74, 6) is 1.72. The number of halogens is 1. The molecular formula is C15H21ClN4O. The summed E-state index contributed by atoms with van der Waals surface area (Å²) < 4.78 is 7.26. The van der Waals surface area contributed by atoms with Crippen molar-refractivity contribution in [3.8, 4) is 5.75 Å². The van der Waals surface area contributed by atoms with Crippen molar-refractivity contribution in [2.75, 3.05) is 13.7 Å². The van der Waals surface area contributed by atoms with Crippen LogP contribution in [0.15, 0.2) is 24.5 Å². The van der Waals surface area contributed by atoms with E-state index in [-0.39, 0.29) is 6.04 Å². The molecule has 0 saturated carbocycles. The summed E-state index contributed by atoms with van der Waals surface area (Å²) >= 11 is 6.05. The van der Waals surface area contributed by atoms with E-state index in [1.54, 1.807) is 18.1 Å². The molecule has 0 aliphatic heterocycles. The van der Waals surface area contributed by atoms with E-state index in [0.717, 1.165) is 36.5 Å². The lowest BCUT2D eigenvalue weighted by atomic mass is 10.0. The number of aromatic nitrogens is 3. The van der Waals surface area contributed by atoms with Gasteiger partial charge in [0.15, 0.2) is 0 Å². The van der Waals surface area contributed by atoms with Crippen molar-refractivity contribution in [3.05, 3.63) is 40.9 Å². The molecule has 0 radical (unpaired) electrons. The minimum absolute atomic E-state index is 0.111. The summed E-state index contributed by atoms with van der Waals surface area (Å²) in [5.41, 5.74) is 1.08. The average Bonchev–Trinajstić information content (AvgIpc) is 2.88. The van der Waals surface area contributed by atoms with Crippen molar-refractivity contribution in [2.45, 2.75) is 25.8 Å². The second-order valence-corrected chi connectivity index (χ2v) is 5.33. The Labute approximate surface area is 130 Å². The van der Waals surface area contributed by atoms with Crippen LogP contribution in [0.4, 0.5) is 0 Å². The maximum Gasteiger partial charge on any atom is 0.138 e. The van der Waals surface area contributed by atoms with E-state index < -0.39 is 0 Å². The first kappa shape index (κ1) is 15.8. The monoisotopic (exact) mass is 308 g/mol. The molecule has 1 heterocycles. The van der Waals surface area contributed by atoms with E-state index in [1.165, 1.54) is 0 Å². The van der Waals surface area contributed by atoms with Gasteiger partial charge in [0.25, 0.3) is 0 Å². The van der Waals surface area contributed by atoms with Gasteiger partial charge in [0, 0.05) is 30.1 Å². The van der Waals surface area contributed by atoms with Crippen molar-refractivity contribution in [1.29, 1.82) is 0 Å². The van der Waals surface area contributed by atoms with Crippen LogP contribution in [0.5, 0.6) is 5.75 Å². The summed E-state index contributed by atoms with van der Waals surface area (Å²) in [6.45, 7) is 3.07. The molecule has 0 aliphatic rings. The van der Waals surface area contributed by atoms with Gasteiger partial charge in [0.2, 0.25) is 0 Å². The highest BCUT2D eigenvalue weighted by atomic mass is 35.5. The predicted molar refractivity (Wildman–Crippen MR) is 83.7 cm³/mol. The van der Waals surface area contributed by atoms with Gasteiger partial charge >= 0.3 is 0 Å². The fourth-order valence-corrected chi connectivity index (χ4v) is 2.43. The highest BCUT2D eigenvalue weighted by Gasteiger charge is 2.18. The average molecular weight is 309 g/mol. The predicted octanol–water partition coefficient (Wildman–Crippen LogP) is 2.76. The maximum atomic E-state index is 6.05. The van der Waals surface area contributed by atoms with E-state index in [2.05, 4.69) is 22.3 Å². The van der Waals surface area contributed by atoms with Crippen molar-refractivity contribution >= 4 is 11.6 Å². The highest BCUT2D eigenvalue weighted by Crippen LogP contribution is 2.30. The second-order valence-electron chi connectivity index (χ2n) is 4.90. The lowest BCUT2D eigenvalue weighted by Gasteiger charge is -2.21. The molecule has 0 aliphatic carbocycles. The molecule has 1 aromatic carbocycles. The van der Waals surface area contributed by atoms with Crippen LogP contribution in [-0.4, -0.2) is 28.4 Å². The van der Waals surface area contributed by atoms with Crippen LogP contribution in [0.2, 0.25) is 5.02 Å². The molecule has 2 rings (SSSR count). The molecule has 21 heavy (non-hydrogen) atoms. The molecule has 1 N–H and O–H groups in total. The van der Waals surface area contributed by atoms with Crippen LogP contribution in [0.25, 0.3) is 0 Å². The number of nitrogens with one attached hydrogen (secondary N) is 1. The van der Waals surface area contributed by atoms with E-state index in [9.17, 15) is 0 Å². The van der Waals surface area contributed by atoms with Gasteiger partial charge in [-0.2, -0.15) is 5.10 Å². The van der Waals surface area contributed by atoms with Crippen LogP contribution in [-0.2, 0) is 13.5 Å². The number of aryl methyl sites for hydroxylation is 1. The molecule has 0 spiro atoms. The van der Waals surface area contributed by atoms with Crippen LogP contribution in [0, 0.1) is 0 Å². The van der Waals surface area contributed by atoms with E-state index in [4.69, 9.17) is 16.3 Å². The third kappa shape index (κ3) is 3.95. The second kappa shape index (κ2) is 7.43. The molecule has 0 bridgehead atoms. The fraction of sp³-hybridized carbons (Fsp3) is 0.467. The molecule has 1 atom stereocenters. The summed E-state index contributed by atoms with van der Waals surface area (Å²) in [6, 6.07) is 5.84. The molecule has 6 heteroatoms. The highest BCUT2D eigenvalue weighted by molar-refractivity contribution is 6.30. The molecule has 114 valence electrons. The topological polar surface area (TPSA) is 52.0 Å². The minimum atomic E-state index is 0.111. The fourth-order valence-electron chi connectivity index (χ4n) is 2.27. The van der Waals surface area contributed by atoms with Gasteiger partial charge in [-0.1, -0.05) is 24.6 Å². The summed E-state index contributed by atoms with van der Waals surface area (Å²) in [7, 11) is 3.56. The Morgan fingerprint density at radius 3 is 2.86 bits per heavy atom. The van der Waals surface area contributed by atoms with Crippen molar-refractivity contribution in [1.82, 2.24) is 20.1 Å². The molecule has 0 fully saturated rings. The normalized spacial score (nSPS) is 12.4. The number of ether oxygens (including phenoxy) is 1. The van der Waals surface area contributed by atoms with Crippen LogP contribution in [0.3, 0.4) is 0 Å². The Morgan fingerprint density at radius 2 is 2.24 bits per heavy atom. The molecule has 1 unspecified atom stereocenters. The van der Waals surface area contributed by atoms with Crippen LogP contribution in [0.1, 0.15) is 30.8 Å². The number of benzene rings is 1. The zero-order valence-electron chi connectivity index (χ0n) is 12.6. The standard InChI is InChI=1S/C15H21ClN4O/c1-4-7-17-13(9-15-18-10-19-20(15)2)12-6-5-11(16)8-14(12)21-3/h5-6,8,10,13,17H,4,7,9H2,1-3H3. The Kier molecular flexibility index (Phi) is 5.59. The third-order valence-electron chi connectivity index (χ3n) is 3.40.